The van der Waals surface area contributed by atoms with Crippen molar-refractivity contribution in [3.05, 3.63) is 12.2 Å². The Bertz CT molecular complexity index is 182. The Labute approximate surface area is 81.2 Å². The number of ketones is 1. The number of unbranched alkanes of at least 4 members (excludes halogenated alkanes) is 1. The zero-order valence-corrected chi connectivity index (χ0v) is 8.59. The molecule has 1 rings (SSSR count). The fraction of sp³-hybridized carbons (Fsp3) is 0.750. The minimum atomic E-state index is 0.349. The number of hydrogen-bond acceptors (Lipinski definition) is 1. The van der Waals surface area contributed by atoms with Crippen molar-refractivity contribution >= 4 is 5.78 Å². The van der Waals surface area contributed by atoms with Crippen molar-refractivity contribution in [1.82, 2.24) is 0 Å². The van der Waals surface area contributed by atoms with Gasteiger partial charge in [0.25, 0.3) is 0 Å². The molecule has 0 saturated heterocycles. The molecule has 1 aliphatic rings. The molecule has 0 aromatic rings. The molecule has 1 fully saturated rings. The molecule has 0 aliphatic heterocycles. The normalized spacial score (nSPS) is 24.1. The van der Waals surface area contributed by atoms with Crippen LogP contribution in [0.5, 0.6) is 0 Å². The second kappa shape index (κ2) is 5.95. The van der Waals surface area contributed by atoms with Gasteiger partial charge < -0.3 is 0 Å². The van der Waals surface area contributed by atoms with Crippen LogP contribution in [0.4, 0.5) is 0 Å². The summed E-state index contributed by atoms with van der Waals surface area (Å²) in [6.07, 6.45) is 12.1. The summed E-state index contributed by atoms with van der Waals surface area (Å²) in [5.41, 5.74) is 0. The molecule has 0 amide bonds. The summed E-state index contributed by atoms with van der Waals surface area (Å²) >= 11 is 0. The Morgan fingerprint density at radius 1 is 1.38 bits per heavy atom. The Morgan fingerprint density at radius 2 is 2.23 bits per heavy atom. The molecule has 0 heterocycles. The van der Waals surface area contributed by atoms with Crippen LogP contribution in [0.3, 0.4) is 0 Å². The van der Waals surface area contributed by atoms with E-state index in [1.54, 1.807) is 0 Å². The Kier molecular flexibility index (Phi) is 4.81. The van der Waals surface area contributed by atoms with Crippen LogP contribution in [0.2, 0.25) is 0 Å². The third kappa shape index (κ3) is 3.75. The van der Waals surface area contributed by atoms with Gasteiger partial charge in [0.05, 0.1) is 0 Å². The number of carbonyl (C=O) groups is 1. The molecule has 0 spiro atoms. The second-order valence-corrected chi connectivity index (χ2v) is 3.90. The van der Waals surface area contributed by atoms with E-state index in [1.807, 2.05) is 0 Å². The fourth-order valence-electron chi connectivity index (χ4n) is 1.85. The summed E-state index contributed by atoms with van der Waals surface area (Å²) in [4.78, 5) is 11.4. The summed E-state index contributed by atoms with van der Waals surface area (Å²) in [5, 5.41) is 0. The average molecular weight is 180 g/mol. The van der Waals surface area contributed by atoms with Crippen molar-refractivity contribution in [2.45, 2.75) is 51.9 Å². The Balaban J connectivity index is 2.22. The topological polar surface area (TPSA) is 17.1 Å². The number of allylic oxidation sites excluding steroid dienone is 2. The van der Waals surface area contributed by atoms with Gasteiger partial charge in [-0.2, -0.15) is 0 Å². The lowest BCUT2D eigenvalue weighted by Crippen LogP contribution is -2.17. The van der Waals surface area contributed by atoms with Crippen LogP contribution in [0.25, 0.3) is 0 Å². The predicted molar refractivity (Wildman–Crippen MR) is 55.6 cm³/mol. The molecule has 1 nitrogen and oxygen atoms in total. The van der Waals surface area contributed by atoms with E-state index in [2.05, 4.69) is 19.1 Å². The van der Waals surface area contributed by atoms with Gasteiger partial charge in [-0.25, -0.2) is 0 Å². The van der Waals surface area contributed by atoms with Crippen molar-refractivity contribution in [3.8, 4) is 0 Å². The minimum Gasteiger partial charge on any atom is -0.299 e. The van der Waals surface area contributed by atoms with Gasteiger partial charge in [0, 0.05) is 12.3 Å². The molecular formula is C12H20O. The van der Waals surface area contributed by atoms with E-state index in [9.17, 15) is 4.79 Å². The lowest BCUT2D eigenvalue weighted by Gasteiger charge is -2.18. The van der Waals surface area contributed by atoms with Gasteiger partial charge >= 0.3 is 0 Å². The average Bonchev–Trinajstić information content (AvgIpc) is 2.15. The number of carbonyl (C=O) groups excluding carboxylic acids is 1. The largest absolute Gasteiger partial charge is 0.299 e. The first-order chi connectivity index (χ1) is 6.34. The fourth-order valence-corrected chi connectivity index (χ4v) is 1.85. The Hall–Kier alpha value is -0.590. The van der Waals surface area contributed by atoms with Crippen molar-refractivity contribution < 1.29 is 4.79 Å². The predicted octanol–water partition coefficient (Wildman–Crippen LogP) is 3.49. The molecule has 0 N–H and O–H groups in total. The summed E-state index contributed by atoms with van der Waals surface area (Å²) in [6, 6.07) is 0. The van der Waals surface area contributed by atoms with Gasteiger partial charge in [-0.1, -0.05) is 31.9 Å². The first kappa shape index (κ1) is 10.5. The van der Waals surface area contributed by atoms with Gasteiger partial charge in [-0.05, 0) is 25.7 Å². The molecule has 0 bridgehead atoms. The molecular weight excluding hydrogens is 160 g/mol. The maximum Gasteiger partial charge on any atom is 0.136 e. The highest BCUT2D eigenvalue weighted by Crippen LogP contribution is 2.23. The summed E-state index contributed by atoms with van der Waals surface area (Å²) in [6.45, 7) is 2.18. The van der Waals surface area contributed by atoms with Gasteiger partial charge in [-0.3, -0.25) is 4.79 Å². The van der Waals surface area contributed by atoms with E-state index in [4.69, 9.17) is 0 Å². The highest BCUT2D eigenvalue weighted by molar-refractivity contribution is 5.81. The minimum absolute atomic E-state index is 0.349. The smallest absolute Gasteiger partial charge is 0.136 e. The third-order valence-corrected chi connectivity index (χ3v) is 2.72. The van der Waals surface area contributed by atoms with E-state index in [1.165, 1.54) is 12.8 Å². The third-order valence-electron chi connectivity index (χ3n) is 2.72. The van der Waals surface area contributed by atoms with Crippen LogP contribution in [-0.4, -0.2) is 5.78 Å². The van der Waals surface area contributed by atoms with Gasteiger partial charge in [0.2, 0.25) is 0 Å². The summed E-state index contributed by atoms with van der Waals surface area (Å²) in [5.74, 6) is 0.842. The molecule has 1 atom stereocenters. The van der Waals surface area contributed by atoms with Crippen molar-refractivity contribution in [2.75, 3.05) is 0 Å². The molecule has 1 aliphatic carbocycles. The SMILES string of the molecule is CCCC=CCC1CCCCC1=O. The number of hydrogen-bond donors (Lipinski definition) is 0. The van der Waals surface area contributed by atoms with Crippen LogP contribution in [0.1, 0.15) is 51.9 Å². The van der Waals surface area contributed by atoms with Crippen LogP contribution >= 0.6 is 0 Å². The van der Waals surface area contributed by atoms with Crippen LogP contribution < -0.4 is 0 Å². The van der Waals surface area contributed by atoms with Crippen molar-refractivity contribution in [1.29, 1.82) is 0 Å². The maximum absolute atomic E-state index is 11.4. The van der Waals surface area contributed by atoms with Crippen LogP contribution in [-0.2, 0) is 4.79 Å². The first-order valence-corrected chi connectivity index (χ1v) is 5.52. The molecule has 0 aromatic carbocycles. The lowest BCUT2D eigenvalue weighted by molar-refractivity contribution is -0.124. The van der Waals surface area contributed by atoms with Gasteiger partial charge in [0.15, 0.2) is 0 Å². The molecule has 74 valence electrons. The van der Waals surface area contributed by atoms with Gasteiger partial charge in [-0.15, -0.1) is 0 Å². The highest BCUT2D eigenvalue weighted by Gasteiger charge is 2.20. The summed E-state index contributed by atoms with van der Waals surface area (Å²) in [7, 11) is 0. The van der Waals surface area contributed by atoms with Crippen LogP contribution in [0.15, 0.2) is 12.2 Å². The standard InChI is InChI=1S/C12H20O/c1-2-3-4-5-8-11-9-6-7-10-12(11)13/h4-5,11H,2-3,6-10H2,1H3. The van der Waals surface area contributed by atoms with E-state index < -0.39 is 0 Å². The van der Waals surface area contributed by atoms with E-state index in [-0.39, 0.29) is 0 Å². The highest BCUT2D eigenvalue weighted by atomic mass is 16.1. The monoisotopic (exact) mass is 180 g/mol. The quantitative estimate of drug-likeness (QED) is 0.605. The number of Topliss-reactive ketones (excluding diaryl/α,β-unsaturated/α-hetero) is 1. The van der Waals surface area contributed by atoms with Gasteiger partial charge in [0.1, 0.15) is 5.78 Å². The van der Waals surface area contributed by atoms with Crippen LogP contribution in [0, 0.1) is 5.92 Å². The zero-order valence-electron chi connectivity index (χ0n) is 8.59. The molecule has 0 aromatic heterocycles. The Morgan fingerprint density at radius 3 is 2.92 bits per heavy atom. The second-order valence-electron chi connectivity index (χ2n) is 3.90. The lowest BCUT2D eigenvalue weighted by atomic mass is 9.86. The molecule has 0 radical (unpaired) electrons. The molecule has 1 saturated carbocycles. The first-order valence-electron chi connectivity index (χ1n) is 5.52. The van der Waals surface area contributed by atoms with Crippen molar-refractivity contribution in [2.24, 2.45) is 5.92 Å². The molecule has 1 heteroatoms. The summed E-state index contributed by atoms with van der Waals surface area (Å²) < 4.78 is 0. The molecule has 13 heavy (non-hydrogen) atoms. The van der Waals surface area contributed by atoms with E-state index in [0.717, 1.165) is 32.1 Å². The maximum atomic E-state index is 11.4. The number of rotatable bonds is 4. The van der Waals surface area contributed by atoms with E-state index >= 15 is 0 Å². The molecule has 1 unspecified atom stereocenters. The van der Waals surface area contributed by atoms with E-state index in [0.29, 0.717) is 11.7 Å². The zero-order chi connectivity index (χ0) is 9.52. The van der Waals surface area contributed by atoms with Crippen molar-refractivity contribution in [3.63, 3.8) is 0 Å².